The van der Waals surface area contributed by atoms with Gasteiger partial charge in [0.25, 0.3) is 0 Å². The van der Waals surface area contributed by atoms with E-state index >= 15 is 0 Å². The molecule has 1 unspecified atom stereocenters. The van der Waals surface area contributed by atoms with Crippen LogP contribution in [0.4, 0.5) is 4.39 Å². The second-order valence-electron chi connectivity index (χ2n) is 7.24. The van der Waals surface area contributed by atoms with Crippen LogP contribution in [-0.2, 0) is 0 Å². The Hall–Kier alpha value is -1.71. The third-order valence-corrected chi connectivity index (χ3v) is 4.61. The third-order valence-electron chi connectivity index (χ3n) is 4.61. The van der Waals surface area contributed by atoms with Crippen molar-refractivity contribution in [2.75, 3.05) is 6.54 Å². The number of unbranched alkanes of at least 4 members (excludes halogenated alkanes) is 3. The minimum absolute atomic E-state index is 0.128. The molecule has 1 rings (SSSR count). The first-order chi connectivity index (χ1) is 12.9. The van der Waals surface area contributed by atoms with Crippen molar-refractivity contribution in [3.05, 3.63) is 47.8 Å². The average molecular weight is 381 g/mol. The van der Waals surface area contributed by atoms with Gasteiger partial charge < -0.3 is 15.7 Å². The smallest absolute Gasteiger partial charge is 0.160 e. The average Bonchev–Trinajstić information content (AvgIpc) is 2.65. The van der Waals surface area contributed by atoms with Crippen LogP contribution in [0.25, 0.3) is 0 Å². The number of hydrogen-bond donors (Lipinski definition) is 3. The molecule has 0 saturated carbocycles. The Kier molecular flexibility index (Phi) is 13.5. The molecule has 0 aliphatic heterocycles. The van der Waals surface area contributed by atoms with E-state index in [-0.39, 0.29) is 5.54 Å². The molecule has 3 N–H and O–H groups in total. The summed E-state index contributed by atoms with van der Waals surface area (Å²) in [6.45, 7) is 14.7. The maximum absolute atomic E-state index is 13.1. The zero-order valence-electron chi connectivity index (χ0n) is 18.1. The number of halogens is 1. The summed E-state index contributed by atoms with van der Waals surface area (Å²) in [7, 11) is 0. The van der Waals surface area contributed by atoms with E-state index in [0.29, 0.717) is 6.42 Å². The quantitative estimate of drug-likeness (QED) is 0.159. The lowest BCUT2D eigenvalue weighted by Crippen LogP contribution is -2.46. The molecular formula is C23H41FN2O. The second kappa shape index (κ2) is 14.4. The molecule has 0 amide bonds. The first-order valence-corrected chi connectivity index (χ1v) is 10.5. The normalized spacial score (nSPS) is 20.3. The zero-order valence-corrected chi connectivity index (χ0v) is 18.1. The van der Waals surface area contributed by atoms with Crippen LogP contribution in [0.1, 0.15) is 86.0 Å². The van der Waals surface area contributed by atoms with Crippen molar-refractivity contribution >= 4 is 0 Å². The second-order valence-corrected chi connectivity index (χ2v) is 7.24. The molecule has 0 radical (unpaired) electrons. The number of hydrogen-bond acceptors (Lipinski definition) is 3. The van der Waals surface area contributed by atoms with Crippen LogP contribution >= 0.6 is 0 Å². The van der Waals surface area contributed by atoms with Gasteiger partial charge in [0.05, 0.1) is 5.82 Å². The Balaban J connectivity index is 0.00000326. The molecule has 0 bridgehead atoms. The lowest BCUT2D eigenvalue weighted by Gasteiger charge is -2.35. The van der Waals surface area contributed by atoms with Gasteiger partial charge in [0, 0.05) is 12.1 Å². The maximum Gasteiger partial charge on any atom is 0.160 e. The van der Waals surface area contributed by atoms with Crippen molar-refractivity contribution in [3.63, 3.8) is 0 Å². The monoisotopic (exact) mass is 380 g/mol. The topological polar surface area (TPSA) is 44.3 Å². The van der Waals surface area contributed by atoms with Crippen LogP contribution in [0.3, 0.4) is 0 Å². The highest BCUT2D eigenvalue weighted by Gasteiger charge is 2.26. The molecule has 0 aromatic heterocycles. The molecule has 1 atom stereocenters. The Morgan fingerprint density at radius 3 is 2.56 bits per heavy atom. The van der Waals surface area contributed by atoms with Crippen LogP contribution in [0, 0.1) is 0 Å². The molecule has 156 valence electrons. The highest BCUT2D eigenvalue weighted by Crippen LogP contribution is 2.27. The van der Waals surface area contributed by atoms with E-state index in [1.165, 1.54) is 11.6 Å². The highest BCUT2D eigenvalue weighted by molar-refractivity contribution is 5.14. The van der Waals surface area contributed by atoms with Gasteiger partial charge in [-0.25, -0.2) is 4.39 Å². The molecule has 3 nitrogen and oxygen atoms in total. The molecule has 0 aromatic rings. The van der Waals surface area contributed by atoms with Crippen LogP contribution in [0.15, 0.2) is 47.8 Å². The fourth-order valence-corrected chi connectivity index (χ4v) is 2.90. The molecule has 1 aliphatic carbocycles. The maximum atomic E-state index is 13.1. The number of allylic oxidation sites excluding steroid dienone is 4. The number of aliphatic hydroxyl groups excluding tert-OH is 1. The van der Waals surface area contributed by atoms with Crippen molar-refractivity contribution in [1.29, 1.82) is 0 Å². The van der Waals surface area contributed by atoms with Crippen LogP contribution in [0.5, 0.6) is 0 Å². The summed E-state index contributed by atoms with van der Waals surface area (Å²) in [6.07, 6.45) is 13.9. The number of rotatable bonds is 11. The SMILES string of the molecule is C=C(O)/C(F)=C/CCCCCN/C(=C/CC)NC1(C)CC=C(C)CC1.CC. The van der Waals surface area contributed by atoms with Gasteiger partial charge in [-0.1, -0.05) is 45.4 Å². The third kappa shape index (κ3) is 11.6. The van der Waals surface area contributed by atoms with Gasteiger partial charge in [-0.05, 0) is 70.9 Å². The molecule has 0 saturated heterocycles. The van der Waals surface area contributed by atoms with E-state index in [1.807, 2.05) is 13.8 Å². The van der Waals surface area contributed by atoms with Gasteiger partial charge in [-0.2, -0.15) is 0 Å². The zero-order chi connectivity index (χ0) is 20.7. The van der Waals surface area contributed by atoms with Gasteiger partial charge in [-0.15, -0.1) is 0 Å². The van der Waals surface area contributed by atoms with E-state index in [1.54, 1.807) is 0 Å². The van der Waals surface area contributed by atoms with Crippen molar-refractivity contribution in [2.24, 2.45) is 0 Å². The summed E-state index contributed by atoms with van der Waals surface area (Å²) in [5.41, 5.74) is 1.62. The molecule has 1 aliphatic rings. The van der Waals surface area contributed by atoms with Crippen molar-refractivity contribution in [3.8, 4) is 0 Å². The minimum atomic E-state index is -0.611. The predicted molar refractivity (Wildman–Crippen MR) is 116 cm³/mol. The summed E-state index contributed by atoms with van der Waals surface area (Å²) in [5.74, 6) is 0.0318. The Morgan fingerprint density at radius 1 is 1.30 bits per heavy atom. The summed E-state index contributed by atoms with van der Waals surface area (Å²) >= 11 is 0. The summed E-state index contributed by atoms with van der Waals surface area (Å²) in [6, 6.07) is 0. The predicted octanol–water partition coefficient (Wildman–Crippen LogP) is 6.82. The largest absolute Gasteiger partial charge is 0.506 e. The summed E-state index contributed by atoms with van der Waals surface area (Å²) in [5, 5.41) is 16.1. The minimum Gasteiger partial charge on any atom is -0.506 e. The van der Waals surface area contributed by atoms with Gasteiger partial charge in [0.2, 0.25) is 0 Å². The fourth-order valence-electron chi connectivity index (χ4n) is 2.90. The van der Waals surface area contributed by atoms with Gasteiger partial charge in [0.15, 0.2) is 5.83 Å². The lowest BCUT2D eigenvalue weighted by atomic mass is 9.84. The molecule has 0 spiro atoms. The first-order valence-electron chi connectivity index (χ1n) is 10.5. The van der Waals surface area contributed by atoms with Gasteiger partial charge in [-0.3, -0.25) is 0 Å². The Labute approximate surface area is 166 Å². The van der Waals surface area contributed by atoms with E-state index in [9.17, 15) is 4.39 Å². The summed E-state index contributed by atoms with van der Waals surface area (Å²) < 4.78 is 13.1. The standard InChI is InChI=1S/C21H35FN2O.C2H6/c1-5-10-20(24-21(4)14-12-17(2)13-15-21)23-16-9-7-6-8-11-19(22)18(3)25;1-2/h10-12,23-25H,3,5-9,13-16H2,1-2,4H3;1-2H3/b19-11-,20-10-;. The molecular weight excluding hydrogens is 339 g/mol. The van der Waals surface area contributed by atoms with Crippen LogP contribution in [-0.4, -0.2) is 17.2 Å². The Morgan fingerprint density at radius 2 is 2.00 bits per heavy atom. The summed E-state index contributed by atoms with van der Waals surface area (Å²) in [4.78, 5) is 0. The van der Waals surface area contributed by atoms with Crippen molar-refractivity contribution < 1.29 is 9.50 Å². The van der Waals surface area contributed by atoms with Gasteiger partial charge >= 0.3 is 0 Å². The Bertz CT molecular complexity index is 522. The molecule has 0 fully saturated rings. The molecule has 4 heteroatoms. The molecule has 0 heterocycles. The van der Waals surface area contributed by atoms with Crippen molar-refractivity contribution in [1.82, 2.24) is 10.6 Å². The lowest BCUT2D eigenvalue weighted by molar-refractivity contribution is 0.339. The number of nitrogens with one attached hydrogen (secondary N) is 2. The van der Waals surface area contributed by atoms with E-state index in [0.717, 1.165) is 57.3 Å². The van der Waals surface area contributed by atoms with E-state index < -0.39 is 11.6 Å². The highest BCUT2D eigenvalue weighted by atomic mass is 19.1. The fraction of sp³-hybridized carbons (Fsp3) is 0.652. The number of aliphatic hydroxyl groups is 1. The van der Waals surface area contributed by atoms with E-state index in [4.69, 9.17) is 5.11 Å². The first kappa shape index (κ1) is 25.3. The van der Waals surface area contributed by atoms with Crippen molar-refractivity contribution in [2.45, 2.75) is 91.5 Å². The molecule has 27 heavy (non-hydrogen) atoms. The van der Waals surface area contributed by atoms with Crippen LogP contribution < -0.4 is 10.6 Å². The van der Waals surface area contributed by atoms with Crippen LogP contribution in [0.2, 0.25) is 0 Å². The van der Waals surface area contributed by atoms with Gasteiger partial charge in [0.1, 0.15) is 5.76 Å². The molecule has 0 aromatic carbocycles. The van der Waals surface area contributed by atoms with E-state index in [2.05, 4.69) is 50.1 Å².